The molecule has 0 N–H and O–H groups in total. The summed E-state index contributed by atoms with van der Waals surface area (Å²) in [5.74, 6) is 0. The van der Waals surface area contributed by atoms with Crippen molar-refractivity contribution in [3.8, 4) is 0 Å². The van der Waals surface area contributed by atoms with E-state index in [0.717, 1.165) is 0 Å². The molecule has 0 aliphatic heterocycles. The Labute approximate surface area is 83.5 Å². The van der Waals surface area contributed by atoms with E-state index in [0.29, 0.717) is 10.8 Å². The Hall–Kier alpha value is -0.0400. The van der Waals surface area contributed by atoms with Crippen LogP contribution in [0.5, 0.6) is 0 Å². The van der Waals surface area contributed by atoms with Crippen LogP contribution in [-0.4, -0.2) is 25.5 Å². The third-order valence-corrected chi connectivity index (χ3v) is 3.51. The minimum Gasteiger partial charge on any atom is -0.309 e. The molecule has 1 saturated carbocycles. The molecule has 0 aromatic rings. The van der Waals surface area contributed by atoms with Gasteiger partial charge in [-0.25, -0.2) is 0 Å². The minimum absolute atomic E-state index is 0.582. The summed E-state index contributed by atoms with van der Waals surface area (Å²) in [4.78, 5) is 2.33. The molecule has 0 aromatic heterocycles. The van der Waals surface area contributed by atoms with Crippen LogP contribution < -0.4 is 0 Å². The Bertz CT molecular complexity index is 160. The Morgan fingerprint density at radius 3 is 1.77 bits per heavy atom. The van der Waals surface area contributed by atoms with Crippen molar-refractivity contribution in [2.75, 3.05) is 20.6 Å². The minimum atomic E-state index is 0.582. The Kier molecular flexibility index (Phi) is 3.06. The maximum absolute atomic E-state index is 2.45. The second-order valence-electron chi connectivity index (χ2n) is 6.21. The summed E-state index contributed by atoms with van der Waals surface area (Å²) >= 11 is 0. The molecular formula is C12H25N. The molecule has 0 amide bonds. The van der Waals surface area contributed by atoms with E-state index in [1.165, 1.54) is 32.2 Å². The van der Waals surface area contributed by atoms with Gasteiger partial charge in [0.2, 0.25) is 0 Å². The van der Waals surface area contributed by atoms with Crippen LogP contribution in [0.15, 0.2) is 0 Å². The molecule has 1 aliphatic carbocycles. The van der Waals surface area contributed by atoms with Gasteiger partial charge in [-0.3, -0.25) is 0 Å². The third-order valence-electron chi connectivity index (χ3n) is 3.51. The summed E-state index contributed by atoms with van der Waals surface area (Å²) in [5.41, 5.74) is 1.19. The highest BCUT2D eigenvalue weighted by Gasteiger charge is 2.34. The average molecular weight is 183 g/mol. The predicted octanol–water partition coefficient (Wildman–Crippen LogP) is 3.15. The fraction of sp³-hybridized carbons (Fsp3) is 1.00. The second kappa shape index (κ2) is 3.61. The van der Waals surface area contributed by atoms with E-state index >= 15 is 0 Å². The largest absolute Gasteiger partial charge is 0.309 e. The van der Waals surface area contributed by atoms with Crippen molar-refractivity contribution < 1.29 is 0 Å². The lowest BCUT2D eigenvalue weighted by Crippen LogP contribution is -2.36. The molecule has 0 unspecified atom stereocenters. The van der Waals surface area contributed by atoms with Crippen LogP contribution in [0, 0.1) is 10.8 Å². The number of rotatable bonds is 2. The first-order valence-corrected chi connectivity index (χ1v) is 5.48. The lowest BCUT2D eigenvalue weighted by molar-refractivity contribution is 0.0893. The van der Waals surface area contributed by atoms with E-state index in [1.807, 2.05) is 0 Å². The number of hydrogen-bond acceptors (Lipinski definition) is 1. The van der Waals surface area contributed by atoms with Crippen molar-refractivity contribution in [1.82, 2.24) is 4.90 Å². The molecule has 0 atom stereocenters. The zero-order valence-corrected chi connectivity index (χ0v) is 9.98. The first-order valence-electron chi connectivity index (χ1n) is 5.48. The first kappa shape index (κ1) is 11.0. The second-order valence-corrected chi connectivity index (χ2v) is 6.21. The van der Waals surface area contributed by atoms with Crippen molar-refractivity contribution in [2.24, 2.45) is 10.8 Å². The third kappa shape index (κ3) is 3.30. The summed E-state index contributed by atoms with van der Waals surface area (Å²) in [6.07, 6.45) is 5.60. The van der Waals surface area contributed by atoms with Gasteiger partial charge in [-0.1, -0.05) is 20.8 Å². The van der Waals surface area contributed by atoms with Crippen LogP contribution in [0.1, 0.15) is 46.5 Å². The summed E-state index contributed by atoms with van der Waals surface area (Å²) in [5, 5.41) is 0. The first-order chi connectivity index (χ1) is 5.83. The van der Waals surface area contributed by atoms with Gasteiger partial charge in [-0.05, 0) is 50.6 Å². The van der Waals surface area contributed by atoms with E-state index in [2.05, 4.69) is 39.8 Å². The lowest BCUT2D eigenvalue weighted by Gasteiger charge is -2.42. The Morgan fingerprint density at radius 1 is 0.923 bits per heavy atom. The monoisotopic (exact) mass is 183 g/mol. The smallest absolute Gasteiger partial charge is 0.00292 e. The predicted molar refractivity (Wildman–Crippen MR) is 58.9 cm³/mol. The normalized spacial score (nSPS) is 26.3. The standard InChI is InChI=1S/C12H25N/c1-11(2)6-8-12(3,9-7-11)10-13(4)5/h6-10H2,1-5H3. The molecule has 0 aromatic carbocycles. The molecule has 0 spiro atoms. The van der Waals surface area contributed by atoms with E-state index in [-0.39, 0.29) is 0 Å². The summed E-state index contributed by atoms with van der Waals surface area (Å²) in [6.45, 7) is 8.51. The van der Waals surface area contributed by atoms with Gasteiger partial charge in [0.05, 0.1) is 0 Å². The van der Waals surface area contributed by atoms with Gasteiger partial charge >= 0.3 is 0 Å². The Morgan fingerprint density at radius 2 is 1.38 bits per heavy atom. The van der Waals surface area contributed by atoms with Crippen LogP contribution in [0.3, 0.4) is 0 Å². The molecule has 78 valence electrons. The molecule has 1 rings (SSSR count). The zero-order chi connectivity index (χ0) is 10.1. The number of nitrogens with zero attached hydrogens (tertiary/aromatic N) is 1. The fourth-order valence-electron chi connectivity index (χ4n) is 2.45. The van der Waals surface area contributed by atoms with Crippen LogP contribution in [0.4, 0.5) is 0 Å². The maximum atomic E-state index is 2.45. The summed E-state index contributed by atoms with van der Waals surface area (Å²) < 4.78 is 0. The molecule has 1 nitrogen and oxygen atoms in total. The zero-order valence-electron chi connectivity index (χ0n) is 9.98. The average Bonchev–Trinajstić information content (AvgIpc) is 1.95. The number of hydrogen-bond donors (Lipinski definition) is 0. The topological polar surface area (TPSA) is 3.24 Å². The van der Waals surface area contributed by atoms with Gasteiger partial charge in [-0.15, -0.1) is 0 Å². The Balaban J connectivity index is 2.47. The highest BCUT2D eigenvalue weighted by Crippen LogP contribution is 2.44. The van der Waals surface area contributed by atoms with Gasteiger partial charge in [-0.2, -0.15) is 0 Å². The summed E-state index contributed by atoms with van der Waals surface area (Å²) in [6, 6.07) is 0. The fourth-order valence-corrected chi connectivity index (χ4v) is 2.45. The molecular weight excluding hydrogens is 158 g/mol. The SMILES string of the molecule is CN(C)CC1(C)CCC(C)(C)CC1. The van der Waals surface area contributed by atoms with Gasteiger partial charge < -0.3 is 4.90 Å². The van der Waals surface area contributed by atoms with E-state index in [1.54, 1.807) is 0 Å². The van der Waals surface area contributed by atoms with Crippen molar-refractivity contribution in [2.45, 2.75) is 46.5 Å². The molecule has 1 heteroatoms. The van der Waals surface area contributed by atoms with Gasteiger partial charge in [0, 0.05) is 6.54 Å². The maximum Gasteiger partial charge on any atom is 0.00292 e. The van der Waals surface area contributed by atoms with Crippen LogP contribution in [-0.2, 0) is 0 Å². The quantitative estimate of drug-likeness (QED) is 0.635. The lowest BCUT2D eigenvalue weighted by atomic mass is 9.66. The molecule has 1 fully saturated rings. The van der Waals surface area contributed by atoms with Crippen LogP contribution in [0.25, 0.3) is 0 Å². The van der Waals surface area contributed by atoms with Crippen molar-refractivity contribution in [3.05, 3.63) is 0 Å². The molecule has 0 saturated heterocycles. The highest BCUT2D eigenvalue weighted by molar-refractivity contribution is 4.87. The van der Waals surface area contributed by atoms with E-state index in [4.69, 9.17) is 0 Å². The molecule has 0 bridgehead atoms. The summed E-state index contributed by atoms with van der Waals surface area (Å²) in [7, 11) is 4.37. The van der Waals surface area contributed by atoms with E-state index < -0.39 is 0 Å². The molecule has 0 heterocycles. The van der Waals surface area contributed by atoms with Gasteiger partial charge in [0.25, 0.3) is 0 Å². The van der Waals surface area contributed by atoms with Crippen molar-refractivity contribution in [1.29, 1.82) is 0 Å². The van der Waals surface area contributed by atoms with Crippen molar-refractivity contribution in [3.63, 3.8) is 0 Å². The van der Waals surface area contributed by atoms with E-state index in [9.17, 15) is 0 Å². The molecule has 13 heavy (non-hydrogen) atoms. The molecule has 0 radical (unpaired) electrons. The van der Waals surface area contributed by atoms with Crippen LogP contribution in [0.2, 0.25) is 0 Å². The van der Waals surface area contributed by atoms with Crippen LogP contribution >= 0.6 is 0 Å². The van der Waals surface area contributed by atoms with Gasteiger partial charge in [0.1, 0.15) is 0 Å². The van der Waals surface area contributed by atoms with Gasteiger partial charge in [0.15, 0.2) is 0 Å². The molecule has 1 aliphatic rings. The highest BCUT2D eigenvalue weighted by atomic mass is 15.1. The van der Waals surface area contributed by atoms with Crippen molar-refractivity contribution >= 4 is 0 Å².